The Morgan fingerprint density at radius 2 is 1.56 bits per heavy atom. The molecule has 0 radical (unpaired) electrons. The van der Waals surface area contributed by atoms with E-state index in [4.69, 9.17) is 0 Å². The third-order valence-corrected chi connectivity index (χ3v) is 3.32. The second kappa shape index (κ2) is 8.58. The molecule has 0 aliphatic heterocycles. The summed E-state index contributed by atoms with van der Waals surface area (Å²) in [6.07, 6.45) is 1.17. The Bertz CT molecular complexity index is 775. The van der Waals surface area contributed by atoms with Crippen molar-refractivity contribution >= 4 is 23.4 Å². The molecule has 7 heteroatoms. The zero-order chi connectivity index (χ0) is 18.2. The summed E-state index contributed by atoms with van der Waals surface area (Å²) in [5.41, 5.74) is 5.05. The minimum atomic E-state index is -0.755. The van der Waals surface area contributed by atoms with Gasteiger partial charge in [-0.15, -0.1) is 0 Å². The van der Waals surface area contributed by atoms with E-state index in [0.717, 1.165) is 12.5 Å². The van der Waals surface area contributed by atoms with Crippen molar-refractivity contribution in [3.8, 4) is 0 Å². The first-order valence-electron chi connectivity index (χ1n) is 7.76. The van der Waals surface area contributed by atoms with Gasteiger partial charge >= 0.3 is 0 Å². The zero-order valence-electron chi connectivity index (χ0n) is 13.6. The number of carbonyl (C=O) groups is 3. The number of anilines is 1. The van der Waals surface area contributed by atoms with E-state index in [0.29, 0.717) is 12.1 Å². The van der Waals surface area contributed by atoms with Crippen LogP contribution in [0.5, 0.6) is 0 Å². The van der Waals surface area contributed by atoms with Gasteiger partial charge in [0.25, 0.3) is 11.8 Å². The van der Waals surface area contributed by atoms with E-state index in [1.807, 2.05) is 6.92 Å². The monoisotopic (exact) mass is 343 g/mol. The Labute approximate surface area is 144 Å². The number of nitrogens with one attached hydrogen (secondary N) is 3. The molecule has 25 heavy (non-hydrogen) atoms. The summed E-state index contributed by atoms with van der Waals surface area (Å²) in [5, 5.41) is 2.70. The third-order valence-electron chi connectivity index (χ3n) is 3.32. The molecule has 0 atom stereocenters. The first kappa shape index (κ1) is 18.1. The van der Waals surface area contributed by atoms with Gasteiger partial charge in [0.05, 0.1) is 5.56 Å². The molecule has 2 rings (SSSR count). The highest BCUT2D eigenvalue weighted by Gasteiger charge is 2.12. The van der Waals surface area contributed by atoms with Gasteiger partial charge in [0, 0.05) is 17.7 Å². The lowest BCUT2D eigenvalue weighted by atomic mass is 10.2. The van der Waals surface area contributed by atoms with Crippen LogP contribution in [0.1, 0.15) is 40.5 Å². The van der Waals surface area contributed by atoms with Crippen molar-refractivity contribution in [1.82, 2.24) is 10.9 Å². The molecule has 0 spiro atoms. The lowest BCUT2D eigenvalue weighted by molar-refractivity contribution is -0.116. The van der Waals surface area contributed by atoms with Crippen LogP contribution < -0.4 is 16.2 Å². The highest BCUT2D eigenvalue weighted by Crippen LogP contribution is 2.10. The average molecular weight is 343 g/mol. The molecule has 3 amide bonds. The van der Waals surface area contributed by atoms with E-state index in [1.54, 1.807) is 12.1 Å². The first-order valence-corrected chi connectivity index (χ1v) is 7.76. The fraction of sp³-hybridized carbons (Fsp3) is 0.167. The summed E-state index contributed by atoms with van der Waals surface area (Å²) in [6.45, 7) is 1.91. The molecule has 0 bridgehead atoms. The topological polar surface area (TPSA) is 87.3 Å². The van der Waals surface area contributed by atoms with Crippen LogP contribution in [0.2, 0.25) is 0 Å². The van der Waals surface area contributed by atoms with Gasteiger partial charge in [0.1, 0.15) is 5.82 Å². The molecule has 6 nitrogen and oxygen atoms in total. The van der Waals surface area contributed by atoms with E-state index in [1.165, 1.54) is 30.3 Å². The van der Waals surface area contributed by atoms with Crippen LogP contribution in [0.3, 0.4) is 0 Å². The number of halogens is 1. The highest BCUT2D eigenvalue weighted by atomic mass is 19.1. The van der Waals surface area contributed by atoms with Gasteiger partial charge in [-0.05, 0) is 42.8 Å². The van der Waals surface area contributed by atoms with Crippen LogP contribution in [0.4, 0.5) is 10.1 Å². The van der Waals surface area contributed by atoms with E-state index >= 15 is 0 Å². The Morgan fingerprint density at radius 3 is 2.20 bits per heavy atom. The lowest BCUT2D eigenvalue weighted by Gasteiger charge is -2.09. The quantitative estimate of drug-likeness (QED) is 0.729. The molecule has 0 heterocycles. The van der Waals surface area contributed by atoms with Crippen molar-refractivity contribution < 1.29 is 18.8 Å². The number of rotatable bonds is 5. The van der Waals surface area contributed by atoms with Crippen LogP contribution in [0.25, 0.3) is 0 Å². The van der Waals surface area contributed by atoms with E-state index in [9.17, 15) is 18.8 Å². The SMILES string of the molecule is CCCC(=O)Nc1ccc(C(=O)NNC(=O)c2ccccc2F)cc1. The molecule has 130 valence electrons. The van der Waals surface area contributed by atoms with Gasteiger partial charge in [-0.1, -0.05) is 19.1 Å². The van der Waals surface area contributed by atoms with Crippen LogP contribution in [-0.4, -0.2) is 17.7 Å². The van der Waals surface area contributed by atoms with Gasteiger partial charge in [0.15, 0.2) is 0 Å². The number of carbonyl (C=O) groups excluding carboxylic acids is 3. The normalized spacial score (nSPS) is 10.0. The predicted molar refractivity (Wildman–Crippen MR) is 91.3 cm³/mol. The average Bonchev–Trinajstić information content (AvgIpc) is 2.60. The maximum Gasteiger partial charge on any atom is 0.272 e. The van der Waals surface area contributed by atoms with Crippen molar-refractivity contribution in [3.05, 3.63) is 65.5 Å². The number of amides is 3. The minimum absolute atomic E-state index is 0.100. The number of hydrogen-bond acceptors (Lipinski definition) is 3. The molecule has 0 fully saturated rings. The maximum absolute atomic E-state index is 13.5. The maximum atomic E-state index is 13.5. The second-order valence-corrected chi connectivity index (χ2v) is 5.26. The second-order valence-electron chi connectivity index (χ2n) is 5.26. The van der Waals surface area contributed by atoms with E-state index in [2.05, 4.69) is 16.2 Å². The Balaban J connectivity index is 1.91. The minimum Gasteiger partial charge on any atom is -0.326 e. The summed E-state index contributed by atoms with van der Waals surface area (Å²) in [4.78, 5) is 35.3. The fourth-order valence-electron chi connectivity index (χ4n) is 2.05. The standard InChI is InChI=1S/C18H18FN3O3/c1-2-5-16(23)20-13-10-8-12(9-11-13)17(24)21-22-18(25)14-6-3-4-7-15(14)19/h3-4,6-11H,2,5H2,1H3,(H,20,23)(H,21,24)(H,22,25). The van der Waals surface area contributed by atoms with E-state index in [-0.39, 0.29) is 17.0 Å². The van der Waals surface area contributed by atoms with Crippen molar-refractivity contribution in [2.45, 2.75) is 19.8 Å². The summed E-state index contributed by atoms with van der Waals surface area (Å²) < 4.78 is 13.5. The number of hydrazine groups is 1. The van der Waals surface area contributed by atoms with Crippen LogP contribution in [-0.2, 0) is 4.79 Å². The van der Waals surface area contributed by atoms with Crippen LogP contribution >= 0.6 is 0 Å². The molecule has 2 aromatic rings. The highest BCUT2D eigenvalue weighted by molar-refractivity contribution is 5.99. The number of hydrogen-bond donors (Lipinski definition) is 3. The number of benzene rings is 2. The Morgan fingerprint density at radius 1 is 0.920 bits per heavy atom. The first-order chi connectivity index (χ1) is 12.0. The molecule has 0 saturated heterocycles. The summed E-state index contributed by atoms with van der Waals surface area (Å²) in [7, 11) is 0. The Hall–Kier alpha value is -3.22. The van der Waals surface area contributed by atoms with Crippen molar-refractivity contribution in [2.75, 3.05) is 5.32 Å². The van der Waals surface area contributed by atoms with Crippen LogP contribution in [0.15, 0.2) is 48.5 Å². The summed E-state index contributed by atoms with van der Waals surface area (Å²) in [5.74, 6) is -2.09. The largest absolute Gasteiger partial charge is 0.326 e. The summed E-state index contributed by atoms with van der Waals surface area (Å²) in [6, 6.07) is 11.6. The molecular formula is C18H18FN3O3. The third kappa shape index (κ3) is 5.13. The van der Waals surface area contributed by atoms with E-state index < -0.39 is 17.6 Å². The molecule has 0 aliphatic carbocycles. The van der Waals surface area contributed by atoms with Gasteiger partial charge in [-0.3, -0.25) is 25.2 Å². The molecular weight excluding hydrogens is 325 g/mol. The molecule has 0 saturated carbocycles. The fourth-order valence-corrected chi connectivity index (χ4v) is 2.05. The smallest absolute Gasteiger partial charge is 0.272 e. The molecule has 0 aliphatic rings. The lowest BCUT2D eigenvalue weighted by Crippen LogP contribution is -2.41. The van der Waals surface area contributed by atoms with Crippen molar-refractivity contribution in [1.29, 1.82) is 0 Å². The molecule has 2 aromatic carbocycles. The predicted octanol–water partition coefficient (Wildman–Crippen LogP) is 2.64. The van der Waals surface area contributed by atoms with Crippen molar-refractivity contribution in [3.63, 3.8) is 0 Å². The van der Waals surface area contributed by atoms with Gasteiger partial charge < -0.3 is 5.32 Å². The summed E-state index contributed by atoms with van der Waals surface area (Å²) >= 11 is 0. The molecule has 0 unspecified atom stereocenters. The van der Waals surface area contributed by atoms with Gasteiger partial charge in [0.2, 0.25) is 5.91 Å². The van der Waals surface area contributed by atoms with Crippen LogP contribution in [0, 0.1) is 5.82 Å². The van der Waals surface area contributed by atoms with Gasteiger partial charge in [-0.25, -0.2) is 4.39 Å². The zero-order valence-corrected chi connectivity index (χ0v) is 13.6. The Kier molecular flexibility index (Phi) is 6.22. The molecule has 3 N–H and O–H groups in total. The molecule has 0 aromatic heterocycles. The van der Waals surface area contributed by atoms with Gasteiger partial charge in [-0.2, -0.15) is 0 Å². The van der Waals surface area contributed by atoms with Crippen molar-refractivity contribution in [2.24, 2.45) is 0 Å².